The number of ether oxygens (including phenoxy) is 1. The van der Waals surface area contributed by atoms with Gasteiger partial charge in [-0.1, -0.05) is 12.1 Å². The maximum atomic E-state index is 12.5. The van der Waals surface area contributed by atoms with Crippen molar-refractivity contribution >= 4 is 61.1 Å². The van der Waals surface area contributed by atoms with Gasteiger partial charge in [-0.05, 0) is 44.6 Å². The molecule has 11 heteroatoms. The van der Waals surface area contributed by atoms with Crippen LogP contribution in [-0.4, -0.2) is 35.3 Å². The van der Waals surface area contributed by atoms with Crippen molar-refractivity contribution in [3.05, 3.63) is 38.1 Å². The lowest BCUT2D eigenvalue weighted by atomic mass is 10.0. The molecular weight excluding hydrogens is 568 g/mol. The zero-order chi connectivity index (χ0) is 21.5. The van der Waals surface area contributed by atoms with E-state index in [-0.39, 0.29) is 17.1 Å². The van der Waals surface area contributed by atoms with Crippen LogP contribution >= 0.6 is 38.5 Å². The Morgan fingerprint density at radius 3 is 2.72 bits per heavy atom. The maximum absolute atomic E-state index is 12.5. The number of aromatic nitrogens is 2. The van der Waals surface area contributed by atoms with E-state index in [0.29, 0.717) is 16.5 Å². The van der Waals surface area contributed by atoms with Crippen LogP contribution in [0.5, 0.6) is 5.75 Å². The van der Waals surface area contributed by atoms with Crippen molar-refractivity contribution in [3.8, 4) is 16.9 Å². The largest absolute Gasteiger partial charge is 0.495 e. The average molecular weight is 583 g/mol. The monoisotopic (exact) mass is 582 g/mol. The maximum Gasteiger partial charge on any atom is 0.405 e. The van der Waals surface area contributed by atoms with Crippen LogP contribution in [-0.2, 0) is 7.05 Å². The summed E-state index contributed by atoms with van der Waals surface area (Å²) in [5, 5.41) is 2.52. The van der Waals surface area contributed by atoms with Crippen molar-refractivity contribution in [1.29, 1.82) is 0 Å². The third-order valence-electron chi connectivity index (χ3n) is 4.30. The van der Waals surface area contributed by atoms with Crippen molar-refractivity contribution in [2.75, 3.05) is 19.4 Å². The summed E-state index contributed by atoms with van der Waals surface area (Å²) < 4.78 is 46.4. The van der Waals surface area contributed by atoms with Gasteiger partial charge in [0.25, 0.3) is 5.91 Å². The number of nitrogens with one attached hydrogen (secondary N) is 1. The van der Waals surface area contributed by atoms with Crippen LogP contribution in [0.3, 0.4) is 0 Å². The summed E-state index contributed by atoms with van der Waals surface area (Å²) in [5.41, 5.74) is 8.12. The molecule has 0 saturated heterocycles. The first kappa shape index (κ1) is 21.7. The summed E-state index contributed by atoms with van der Waals surface area (Å²) in [7, 11) is 3.21. The van der Waals surface area contributed by atoms with Crippen LogP contribution in [0.15, 0.2) is 28.9 Å². The van der Waals surface area contributed by atoms with Crippen molar-refractivity contribution in [2.45, 2.75) is 6.18 Å². The normalized spacial score (nSPS) is 11.7. The molecule has 2 heterocycles. The van der Waals surface area contributed by atoms with E-state index in [1.807, 2.05) is 16.9 Å². The third kappa shape index (κ3) is 4.02. The van der Waals surface area contributed by atoms with Gasteiger partial charge in [-0.2, -0.15) is 13.2 Å². The van der Waals surface area contributed by atoms with Crippen LogP contribution in [0.2, 0.25) is 0 Å². The highest BCUT2D eigenvalue weighted by molar-refractivity contribution is 14.1. The molecule has 0 atom stereocenters. The van der Waals surface area contributed by atoms with Crippen LogP contribution in [0, 0.1) is 3.70 Å². The standard InChI is InChI=1S/C18H15BrF3IN4O2/c1-27-13-10(19)6-25-16(24)12(13)11(15(27)23)8-4-3-5-9(14(8)29-2)17(28)26-7-18(20,21)22/h3-6H,7H2,1-2H3,(H2,24,25)(H,26,28). The number of methoxy groups -OCH3 is 1. The molecule has 1 aromatic carbocycles. The van der Waals surface area contributed by atoms with Crippen molar-refractivity contribution in [3.63, 3.8) is 0 Å². The number of nitrogen functional groups attached to an aromatic ring is 1. The highest BCUT2D eigenvalue weighted by Gasteiger charge is 2.29. The number of rotatable bonds is 4. The molecule has 2 aromatic heterocycles. The number of halogens is 5. The first-order valence-electron chi connectivity index (χ1n) is 8.17. The molecule has 0 unspecified atom stereocenters. The van der Waals surface area contributed by atoms with Gasteiger partial charge in [-0.3, -0.25) is 4.79 Å². The van der Waals surface area contributed by atoms with E-state index >= 15 is 0 Å². The number of nitrogens with zero attached hydrogens (tertiary/aromatic N) is 2. The second-order valence-corrected chi connectivity index (χ2v) is 8.00. The van der Waals surface area contributed by atoms with Gasteiger partial charge in [-0.15, -0.1) is 0 Å². The predicted octanol–water partition coefficient (Wildman–Crippen LogP) is 4.49. The van der Waals surface area contributed by atoms with E-state index in [1.54, 1.807) is 18.3 Å². The molecule has 0 aliphatic carbocycles. The van der Waals surface area contributed by atoms with Crippen LogP contribution < -0.4 is 15.8 Å². The number of hydrogen-bond donors (Lipinski definition) is 2. The van der Waals surface area contributed by atoms with Crippen LogP contribution in [0.25, 0.3) is 22.0 Å². The smallest absolute Gasteiger partial charge is 0.405 e. The Kier molecular flexibility index (Phi) is 5.99. The number of carbonyl (C=O) groups is 1. The van der Waals surface area contributed by atoms with E-state index < -0.39 is 18.6 Å². The summed E-state index contributed by atoms with van der Waals surface area (Å²) in [5.74, 6) is -0.453. The zero-order valence-electron chi connectivity index (χ0n) is 15.2. The highest BCUT2D eigenvalue weighted by atomic mass is 127. The molecule has 3 aromatic rings. The number of fused-ring (bicyclic) bond motifs is 1. The van der Waals surface area contributed by atoms with E-state index in [2.05, 4.69) is 43.5 Å². The fourth-order valence-electron chi connectivity index (χ4n) is 3.09. The fourth-order valence-corrected chi connectivity index (χ4v) is 4.46. The Labute approximate surface area is 185 Å². The van der Waals surface area contributed by atoms with Gasteiger partial charge in [0, 0.05) is 24.4 Å². The lowest BCUT2D eigenvalue weighted by Gasteiger charge is -2.15. The molecule has 0 fully saturated rings. The number of pyridine rings is 1. The minimum atomic E-state index is -4.52. The second kappa shape index (κ2) is 8.01. The Bertz CT molecular complexity index is 1110. The van der Waals surface area contributed by atoms with Gasteiger partial charge in [0.2, 0.25) is 0 Å². The molecule has 0 bridgehead atoms. The fraction of sp³-hybridized carbons (Fsp3) is 0.222. The molecule has 0 aliphatic heterocycles. The number of alkyl halides is 3. The third-order valence-corrected chi connectivity index (χ3v) is 6.15. The lowest BCUT2D eigenvalue weighted by molar-refractivity contribution is -0.123. The molecule has 0 spiro atoms. The number of aryl methyl sites for hydroxylation is 1. The summed E-state index contributed by atoms with van der Waals surface area (Å²) in [4.78, 5) is 16.6. The molecule has 154 valence electrons. The van der Waals surface area contributed by atoms with E-state index in [4.69, 9.17) is 10.5 Å². The van der Waals surface area contributed by atoms with Crippen molar-refractivity contribution in [1.82, 2.24) is 14.9 Å². The van der Waals surface area contributed by atoms with Crippen molar-refractivity contribution < 1.29 is 22.7 Å². The second-order valence-electron chi connectivity index (χ2n) is 6.12. The van der Waals surface area contributed by atoms with Crippen molar-refractivity contribution in [2.24, 2.45) is 7.05 Å². The topological polar surface area (TPSA) is 82.2 Å². The number of benzene rings is 1. The number of carbonyl (C=O) groups excluding carboxylic acids is 1. The molecule has 3 rings (SSSR count). The molecule has 1 amide bonds. The van der Waals surface area contributed by atoms with E-state index in [9.17, 15) is 18.0 Å². The van der Waals surface area contributed by atoms with Gasteiger partial charge in [0.15, 0.2) is 0 Å². The quantitative estimate of drug-likeness (QED) is 0.444. The summed E-state index contributed by atoms with van der Waals surface area (Å²) in [6.07, 6.45) is -2.92. The number of amides is 1. The minimum Gasteiger partial charge on any atom is -0.495 e. The molecule has 0 saturated carbocycles. The van der Waals surface area contributed by atoms with Gasteiger partial charge in [0.05, 0.1) is 31.7 Å². The zero-order valence-corrected chi connectivity index (χ0v) is 18.9. The molecule has 29 heavy (non-hydrogen) atoms. The predicted molar refractivity (Wildman–Crippen MR) is 116 cm³/mol. The number of nitrogens with two attached hydrogens (primary N) is 1. The summed E-state index contributed by atoms with van der Waals surface area (Å²) >= 11 is 5.61. The number of hydrogen-bond acceptors (Lipinski definition) is 4. The first-order chi connectivity index (χ1) is 13.6. The SMILES string of the molecule is COc1c(C(=O)NCC(F)(F)F)cccc1-c1c(I)n(C)c2c(Br)cnc(N)c12. The van der Waals surface area contributed by atoms with Crippen LogP contribution in [0.4, 0.5) is 19.0 Å². The Morgan fingerprint density at radius 2 is 2.10 bits per heavy atom. The van der Waals surface area contributed by atoms with Gasteiger partial charge in [0.1, 0.15) is 18.1 Å². The van der Waals surface area contributed by atoms with E-state index in [0.717, 1.165) is 13.7 Å². The summed E-state index contributed by atoms with van der Waals surface area (Å²) in [6, 6.07) is 4.71. The average Bonchev–Trinajstić information content (AvgIpc) is 2.93. The Hall–Kier alpha value is -2.02. The minimum absolute atomic E-state index is 0.0106. The molecular formula is C18H15BrF3IN4O2. The summed E-state index contributed by atoms with van der Waals surface area (Å²) in [6.45, 7) is -1.44. The molecule has 0 radical (unpaired) electrons. The Balaban J connectivity index is 2.23. The lowest BCUT2D eigenvalue weighted by Crippen LogP contribution is -2.33. The first-order valence-corrected chi connectivity index (χ1v) is 10.0. The molecule has 3 N–H and O–H groups in total. The number of anilines is 1. The number of para-hydroxylation sites is 1. The Morgan fingerprint density at radius 1 is 1.41 bits per heavy atom. The molecule has 6 nitrogen and oxygen atoms in total. The van der Waals surface area contributed by atoms with E-state index in [1.165, 1.54) is 13.2 Å². The van der Waals surface area contributed by atoms with Gasteiger partial charge in [-0.25, -0.2) is 4.98 Å². The van der Waals surface area contributed by atoms with Crippen LogP contribution in [0.1, 0.15) is 10.4 Å². The van der Waals surface area contributed by atoms with Gasteiger partial charge < -0.3 is 20.4 Å². The molecule has 0 aliphatic rings. The highest BCUT2D eigenvalue weighted by Crippen LogP contribution is 2.44. The van der Waals surface area contributed by atoms with Gasteiger partial charge >= 0.3 is 6.18 Å².